The van der Waals surface area contributed by atoms with Gasteiger partial charge >= 0.3 is 12.0 Å². The van der Waals surface area contributed by atoms with Crippen LogP contribution in [0.5, 0.6) is 11.6 Å². The van der Waals surface area contributed by atoms with Crippen molar-refractivity contribution in [2.45, 2.75) is 33.1 Å². The van der Waals surface area contributed by atoms with Crippen molar-refractivity contribution in [2.24, 2.45) is 0 Å². The molecule has 7 rings (SSSR count). The van der Waals surface area contributed by atoms with Gasteiger partial charge in [-0.05, 0) is 49.4 Å². The minimum atomic E-state index is -1.13. The molecule has 0 spiro atoms. The van der Waals surface area contributed by atoms with Gasteiger partial charge in [0.05, 0.1) is 22.6 Å². The third kappa shape index (κ3) is 6.52. The predicted octanol–water partition coefficient (Wildman–Crippen LogP) is 8.18. The van der Waals surface area contributed by atoms with E-state index in [-0.39, 0.29) is 22.9 Å². The summed E-state index contributed by atoms with van der Waals surface area (Å²) in [5.41, 5.74) is 4.26. The maximum atomic E-state index is 13.4. The van der Waals surface area contributed by atoms with Crippen molar-refractivity contribution in [2.75, 3.05) is 16.0 Å². The Morgan fingerprint density at radius 3 is 2.42 bits per heavy atom. The summed E-state index contributed by atoms with van der Waals surface area (Å²) in [7, 11) is 0. The van der Waals surface area contributed by atoms with Crippen molar-refractivity contribution >= 4 is 56.8 Å². The van der Waals surface area contributed by atoms with Crippen LogP contribution in [-0.4, -0.2) is 47.1 Å². The quantitative estimate of drug-likeness (QED) is 0.107. The number of amides is 2. The molecule has 50 heavy (non-hydrogen) atoms. The number of aryl methyl sites for hydroxylation is 1. The molecule has 0 atom stereocenters. The van der Waals surface area contributed by atoms with Crippen LogP contribution in [0.15, 0.2) is 97.2 Å². The highest BCUT2D eigenvalue weighted by molar-refractivity contribution is 6.07. The van der Waals surface area contributed by atoms with Crippen LogP contribution in [0, 0.1) is 6.92 Å². The number of carboxylic acid groups (broad SMARTS) is 1. The first kappa shape index (κ1) is 31.8. The molecule has 7 aromatic rings. The topological polar surface area (TPSA) is 172 Å². The lowest BCUT2D eigenvalue weighted by molar-refractivity contribution is 0.0692. The van der Waals surface area contributed by atoms with E-state index >= 15 is 0 Å². The van der Waals surface area contributed by atoms with Crippen LogP contribution in [0.3, 0.4) is 0 Å². The molecule has 0 saturated carbocycles. The minimum absolute atomic E-state index is 0.0764. The van der Waals surface area contributed by atoms with Crippen molar-refractivity contribution < 1.29 is 19.4 Å². The second-order valence-corrected chi connectivity index (χ2v) is 12.7. The van der Waals surface area contributed by atoms with Crippen LogP contribution in [0.25, 0.3) is 27.4 Å². The standard InChI is InChI=1S/C37H33N9O4/c1-21-9-12-23(13-10-21)46-31(20-30(45-46)37(2,3)4)41-36(49)40-27-15-16-29(25-8-6-5-7-24(25)27)50-32-17-18-38-35(42-32)39-22-11-14-28-26(19-22)33(34(47)48)44-43-28/h5-20H,1-4H3,(H,43,44)(H,47,48)(H,38,39,42)(H2,40,41,49). The number of aromatic nitrogens is 6. The highest BCUT2D eigenvalue weighted by Crippen LogP contribution is 2.35. The van der Waals surface area contributed by atoms with Crippen LogP contribution in [-0.2, 0) is 5.41 Å². The average molecular weight is 668 g/mol. The predicted molar refractivity (Wildman–Crippen MR) is 192 cm³/mol. The van der Waals surface area contributed by atoms with Crippen molar-refractivity contribution in [3.8, 4) is 17.3 Å². The summed E-state index contributed by atoms with van der Waals surface area (Å²) in [6.45, 7) is 8.25. The number of carbonyl (C=O) groups is 2. The molecule has 2 amide bonds. The molecule has 250 valence electrons. The van der Waals surface area contributed by atoms with E-state index in [1.807, 2.05) is 61.5 Å². The van der Waals surface area contributed by atoms with Gasteiger partial charge in [0.15, 0.2) is 5.69 Å². The third-order valence-electron chi connectivity index (χ3n) is 8.00. The zero-order valence-electron chi connectivity index (χ0n) is 27.6. The van der Waals surface area contributed by atoms with E-state index in [1.165, 1.54) is 0 Å². The minimum Gasteiger partial charge on any atom is -0.476 e. The number of aromatic carboxylic acids is 1. The molecule has 13 nitrogen and oxygen atoms in total. The van der Waals surface area contributed by atoms with Crippen LogP contribution in [0.2, 0.25) is 0 Å². The summed E-state index contributed by atoms with van der Waals surface area (Å²) >= 11 is 0. The number of H-pyrrole nitrogens is 1. The largest absolute Gasteiger partial charge is 0.476 e. The number of anilines is 4. The highest BCUT2D eigenvalue weighted by atomic mass is 16.5. The molecule has 4 aromatic carbocycles. The number of carboxylic acids is 1. The average Bonchev–Trinajstić information content (AvgIpc) is 3.71. The Labute approximate surface area is 286 Å². The summed E-state index contributed by atoms with van der Waals surface area (Å²) in [5, 5.41) is 31.9. The van der Waals surface area contributed by atoms with Gasteiger partial charge in [-0.3, -0.25) is 10.4 Å². The number of aromatic amines is 1. The normalized spacial score (nSPS) is 11.4. The number of fused-ring (bicyclic) bond motifs is 2. The van der Waals surface area contributed by atoms with Crippen LogP contribution in [0.4, 0.5) is 27.9 Å². The molecular formula is C37H33N9O4. The molecule has 3 aromatic heterocycles. The lowest BCUT2D eigenvalue weighted by Crippen LogP contribution is -2.21. The number of rotatable bonds is 8. The van der Waals surface area contributed by atoms with E-state index < -0.39 is 12.0 Å². The van der Waals surface area contributed by atoms with Gasteiger partial charge in [-0.25, -0.2) is 19.3 Å². The number of urea groups is 1. The third-order valence-corrected chi connectivity index (χ3v) is 8.00. The number of hydrogen-bond acceptors (Lipinski definition) is 8. The van der Waals surface area contributed by atoms with Gasteiger partial charge in [0.2, 0.25) is 11.8 Å². The van der Waals surface area contributed by atoms with E-state index in [2.05, 4.69) is 56.9 Å². The van der Waals surface area contributed by atoms with E-state index in [1.54, 1.807) is 47.3 Å². The lowest BCUT2D eigenvalue weighted by atomic mass is 9.92. The van der Waals surface area contributed by atoms with E-state index in [9.17, 15) is 14.7 Å². The maximum Gasteiger partial charge on any atom is 0.357 e. The summed E-state index contributed by atoms with van der Waals surface area (Å²) in [6, 6.07) is 27.3. The van der Waals surface area contributed by atoms with Crippen molar-refractivity contribution in [3.63, 3.8) is 0 Å². The molecule has 5 N–H and O–H groups in total. The molecule has 0 aliphatic heterocycles. The fourth-order valence-electron chi connectivity index (χ4n) is 5.41. The van der Waals surface area contributed by atoms with Crippen LogP contribution >= 0.6 is 0 Å². The summed E-state index contributed by atoms with van der Waals surface area (Å²) in [6.07, 6.45) is 1.55. The van der Waals surface area contributed by atoms with Gasteiger partial charge in [-0.2, -0.15) is 15.2 Å². The first-order chi connectivity index (χ1) is 24.0. The van der Waals surface area contributed by atoms with Crippen LogP contribution < -0.4 is 20.7 Å². The van der Waals surface area contributed by atoms with E-state index in [4.69, 9.17) is 9.84 Å². The Bertz CT molecular complexity index is 2390. The molecular weight excluding hydrogens is 634 g/mol. The van der Waals surface area contributed by atoms with Gasteiger partial charge < -0.3 is 20.5 Å². The van der Waals surface area contributed by atoms with Gasteiger partial charge in [-0.1, -0.05) is 62.7 Å². The summed E-state index contributed by atoms with van der Waals surface area (Å²) < 4.78 is 7.96. The van der Waals surface area contributed by atoms with Gasteiger partial charge in [0.1, 0.15) is 11.6 Å². The van der Waals surface area contributed by atoms with Gasteiger partial charge in [0, 0.05) is 45.6 Å². The molecule has 13 heteroatoms. The molecule has 0 bridgehead atoms. The molecule has 0 unspecified atom stereocenters. The van der Waals surface area contributed by atoms with Crippen molar-refractivity contribution in [3.05, 3.63) is 114 Å². The molecule has 0 aliphatic carbocycles. The fraction of sp³-hybridized carbons (Fsp3) is 0.135. The Hall–Kier alpha value is -6.76. The smallest absolute Gasteiger partial charge is 0.357 e. The second-order valence-electron chi connectivity index (χ2n) is 12.7. The maximum absolute atomic E-state index is 13.4. The molecule has 3 heterocycles. The molecule has 0 aliphatic rings. The van der Waals surface area contributed by atoms with Crippen molar-refractivity contribution in [1.29, 1.82) is 0 Å². The Morgan fingerprint density at radius 2 is 1.66 bits per heavy atom. The first-order valence-electron chi connectivity index (χ1n) is 15.8. The van der Waals surface area contributed by atoms with Crippen LogP contribution in [0.1, 0.15) is 42.5 Å². The molecule has 0 saturated heterocycles. The van der Waals surface area contributed by atoms with Gasteiger partial charge in [-0.15, -0.1) is 0 Å². The zero-order chi connectivity index (χ0) is 35.0. The molecule has 0 radical (unpaired) electrons. The Balaban J connectivity index is 1.11. The van der Waals surface area contributed by atoms with Gasteiger partial charge in [0.25, 0.3) is 0 Å². The zero-order valence-corrected chi connectivity index (χ0v) is 27.6. The monoisotopic (exact) mass is 667 g/mol. The fourth-order valence-corrected chi connectivity index (χ4v) is 5.41. The number of nitrogens with zero attached hydrogens (tertiary/aromatic N) is 5. The highest BCUT2D eigenvalue weighted by Gasteiger charge is 2.22. The summed E-state index contributed by atoms with van der Waals surface area (Å²) in [5.74, 6) is 0.464. The number of nitrogens with one attached hydrogen (secondary N) is 4. The Morgan fingerprint density at radius 1 is 0.880 bits per heavy atom. The van der Waals surface area contributed by atoms with E-state index in [0.29, 0.717) is 33.8 Å². The SMILES string of the molecule is Cc1ccc(-n2nc(C(C)(C)C)cc2NC(=O)Nc2ccc(Oc3ccnc(Nc4ccc5[nH]nc(C(=O)O)c5c4)n3)c3ccccc23)cc1. The summed E-state index contributed by atoms with van der Waals surface area (Å²) in [4.78, 5) is 33.8. The lowest BCUT2D eigenvalue weighted by Gasteiger charge is -2.14. The van der Waals surface area contributed by atoms with Crippen molar-refractivity contribution in [1.82, 2.24) is 29.9 Å². The van der Waals surface area contributed by atoms with E-state index in [0.717, 1.165) is 27.7 Å². The first-order valence-corrected chi connectivity index (χ1v) is 15.8. The number of hydrogen-bond donors (Lipinski definition) is 5. The Kier molecular flexibility index (Phi) is 8.08. The number of benzene rings is 4. The molecule has 0 fully saturated rings. The second kappa shape index (κ2) is 12.7. The number of carbonyl (C=O) groups excluding carboxylic acids is 1. The number of ether oxygens (including phenoxy) is 1.